The Morgan fingerprint density at radius 3 is 2.52 bits per heavy atom. The summed E-state index contributed by atoms with van der Waals surface area (Å²) in [7, 11) is 1.30. The molecule has 0 saturated carbocycles. The first-order valence-electron chi connectivity index (χ1n) is 9.06. The number of anilines is 1. The zero-order chi connectivity index (χ0) is 22.9. The van der Waals surface area contributed by atoms with Crippen LogP contribution in [0.5, 0.6) is 5.75 Å². The number of halogens is 5. The monoisotopic (exact) mass is 443 g/mol. The average Bonchev–Trinajstić information content (AvgIpc) is 2.72. The van der Waals surface area contributed by atoms with Crippen LogP contribution in [0.3, 0.4) is 0 Å². The van der Waals surface area contributed by atoms with Crippen molar-refractivity contribution in [1.29, 1.82) is 0 Å². The molecule has 6 nitrogen and oxygen atoms in total. The molecule has 31 heavy (non-hydrogen) atoms. The maximum absolute atomic E-state index is 13.1. The van der Waals surface area contributed by atoms with Gasteiger partial charge < -0.3 is 15.0 Å². The van der Waals surface area contributed by atoms with Gasteiger partial charge in [-0.15, -0.1) is 0 Å². The molecule has 1 amide bonds. The number of hydrogen-bond donors (Lipinski definition) is 1. The van der Waals surface area contributed by atoms with Crippen molar-refractivity contribution in [2.24, 2.45) is 5.16 Å². The van der Waals surface area contributed by atoms with Crippen LogP contribution < -0.4 is 15.2 Å². The summed E-state index contributed by atoms with van der Waals surface area (Å²) in [6.07, 6.45) is -4.49. The van der Waals surface area contributed by atoms with Crippen molar-refractivity contribution in [1.82, 2.24) is 5.32 Å². The van der Waals surface area contributed by atoms with E-state index in [2.05, 4.69) is 15.3 Å². The highest BCUT2D eigenvalue weighted by Crippen LogP contribution is 2.41. The fraction of sp³-hybridized carbons (Fsp3) is 0.300. The number of hydrogen-bond acceptors (Lipinski definition) is 5. The van der Waals surface area contributed by atoms with Gasteiger partial charge in [-0.05, 0) is 49.2 Å². The van der Waals surface area contributed by atoms with Gasteiger partial charge in [0.1, 0.15) is 0 Å². The topological polar surface area (TPSA) is 63.2 Å². The molecule has 0 radical (unpaired) electrons. The first-order valence-corrected chi connectivity index (χ1v) is 9.06. The maximum atomic E-state index is 13.1. The highest BCUT2D eigenvalue weighted by Gasteiger charge is 2.34. The fourth-order valence-corrected chi connectivity index (χ4v) is 3.17. The number of hydroxylamine groups is 1. The number of carbonyl (C=O) groups is 1. The number of oxime groups is 1. The molecule has 2 aliphatic heterocycles. The SMILES string of the molecule is CNC(=O)C(=NOC(F)F)c1cc2cc(C)c1ON2C(C)c1cccc(C(F)(F)F)c1. The summed E-state index contributed by atoms with van der Waals surface area (Å²) in [5.74, 6) is -0.629. The summed E-state index contributed by atoms with van der Waals surface area (Å²) in [6.45, 7) is 0.0895. The standard InChI is InChI=1S/C20H18F5N3O3/c1-10-7-14-9-15(16(18(29)26-3)27-30-19(21)22)17(10)31-28(14)11(2)12-5-4-6-13(8-12)20(23,24)25/h4-9,11,19H,1-3H3,(H,26,29). The van der Waals surface area contributed by atoms with E-state index in [0.29, 0.717) is 16.8 Å². The van der Waals surface area contributed by atoms with Gasteiger partial charge in [0.15, 0.2) is 11.5 Å². The zero-order valence-corrected chi connectivity index (χ0v) is 16.6. The molecule has 1 unspecified atom stereocenters. The highest BCUT2D eigenvalue weighted by molar-refractivity contribution is 6.46. The van der Waals surface area contributed by atoms with Gasteiger partial charge in [0.25, 0.3) is 5.91 Å². The first-order chi connectivity index (χ1) is 14.5. The molecule has 0 aliphatic carbocycles. The summed E-state index contributed by atoms with van der Waals surface area (Å²) in [5, 5.41) is 6.90. The molecule has 1 N–H and O–H groups in total. The van der Waals surface area contributed by atoms with Crippen molar-refractivity contribution in [3.8, 4) is 5.75 Å². The molecule has 0 fully saturated rings. The second-order valence-corrected chi connectivity index (χ2v) is 6.74. The van der Waals surface area contributed by atoms with E-state index in [-0.39, 0.29) is 11.3 Å². The highest BCUT2D eigenvalue weighted by atomic mass is 19.4. The number of nitrogens with zero attached hydrogens (tertiary/aromatic N) is 2. The minimum Gasteiger partial charge on any atom is -0.378 e. The van der Waals surface area contributed by atoms with Gasteiger partial charge in [-0.2, -0.15) is 22.0 Å². The lowest BCUT2D eigenvalue weighted by Crippen LogP contribution is -2.37. The number of nitrogens with one attached hydrogen (secondary N) is 1. The Morgan fingerprint density at radius 2 is 1.94 bits per heavy atom. The lowest BCUT2D eigenvalue weighted by molar-refractivity contribution is -0.137. The molecule has 0 saturated heterocycles. The number of alkyl halides is 5. The zero-order valence-electron chi connectivity index (χ0n) is 16.6. The second-order valence-electron chi connectivity index (χ2n) is 6.74. The van der Waals surface area contributed by atoms with Crippen LogP contribution in [0.4, 0.5) is 27.6 Å². The van der Waals surface area contributed by atoms with E-state index in [1.54, 1.807) is 19.9 Å². The number of carbonyl (C=O) groups excluding carboxylic acids is 1. The van der Waals surface area contributed by atoms with Crippen molar-refractivity contribution >= 4 is 17.3 Å². The third kappa shape index (κ3) is 4.54. The van der Waals surface area contributed by atoms with Gasteiger partial charge in [-0.1, -0.05) is 17.3 Å². The molecule has 11 heteroatoms. The predicted molar refractivity (Wildman–Crippen MR) is 102 cm³/mol. The Balaban J connectivity index is 1.99. The summed E-state index contributed by atoms with van der Waals surface area (Å²) < 4.78 is 64.1. The second kappa shape index (κ2) is 8.40. The smallest absolute Gasteiger partial charge is 0.378 e. The molecular weight excluding hydrogens is 425 g/mol. The molecular formula is C20H18F5N3O3. The number of rotatable bonds is 6. The van der Waals surface area contributed by atoms with Crippen molar-refractivity contribution in [2.45, 2.75) is 32.7 Å². The van der Waals surface area contributed by atoms with E-state index >= 15 is 0 Å². The Labute approximate surface area is 174 Å². The quantitative estimate of drug-likeness (QED) is 0.404. The minimum absolute atomic E-state index is 0.113. The third-order valence-corrected chi connectivity index (χ3v) is 4.67. The molecule has 2 heterocycles. The third-order valence-electron chi connectivity index (χ3n) is 4.67. The van der Waals surface area contributed by atoms with Gasteiger partial charge in [-0.3, -0.25) is 4.79 Å². The Bertz CT molecular complexity index is 1020. The Morgan fingerprint density at radius 1 is 1.23 bits per heavy atom. The van der Waals surface area contributed by atoms with E-state index in [4.69, 9.17) is 4.84 Å². The summed E-state index contributed by atoms with van der Waals surface area (Å²) >= 11 is 0. The molecule has 2 bridgehead atoms. The van der Waals surface area contributed by atoms with Crippen LogP contribution >= 0.6 is 0 Å². The summed E-state index contributed by atoms with van der Waals surface area (Å²) in [5.41, 5.74) is 0.224. The molecule has 166 valence electrons. The van der Waals surface area contributed by atoms with Gasteiger partial charge in [-0.25, -0.2) is 5.06 Å². The number of likely N-dealkylation sites (N-methyl/N-ethyl adjacent to an activating group) is 1. The van der Waals surface area contributed by atoms with Crippen LogP contribution in [0.1, 0.15) is 35.2 Å². The first kappa shape index (κ1) is 22.3. The lowest BCUT2D eigenvalue weighted by atomic mass is 9.99. The van der Waals surface area contributed by atoms with Crippen molar-refractivity contribution < 1.29 is 36.4 Å². The molecule has 2 aromatic carbocycles. The predicted octanol–water partition coefficient (Wildman–Crippen LogP) is 4.58. The normalized spacial score (nSPS) is 14.5. The number of fused-ring (bicyclic) bond motifs is 3. The largest absolute Gasteiger partial charge is 0.416 e. The molecule has 1 atom stereocenters. The van der Waals surface area contributed by atoms with Crippen molar-refractivity contribution in [3.63, 3.8) is 0 Å². The Kier molecular flexibility index (Phi) is 6.05. The maximum Gasteiger partial charge on any atom is 0.416 e. The van der Waals surface area contributed by atoms with Crippen LogP contribution in [-0.2, 0) is 15.8 Å². The fourth-order valence-electron chi connectivity index (χ4n) is 3.17. The average molecular weight is 443 g/mol. The minimum atomic E-state index is -4.49. The van der Waals surface area contributed by atoms with E-state index in [1.165, 1.54) is 30.3 Å². The molecule has 0 spiro atoms. The van der Waals surface area contributed by atoms with Crippen molar-refractivity contribution in [3.05, 3.63) is 58.7 Å². The number of aryl methyl sites for hydroxylation is 1. The van der Waals surface area contributed by atoms with E-state index in [9.17, 15) is 26.7 Å². The molecule has 4 rings (SSSR count). The van der Waals surface area contributed by atoms with Crippen LogP contribution in [0.15, 0.2) is 41.6 Å². The Hall–Kier alpha value is -3.37. The summed E-state index contributed by atoms with van der Waals surface area (Å²) in [4.78, 5) is 21.9. The lowest BCUT2D eigenvalue weighted by Gasteiger charge is -2.37. The number of amides is 1. The van der Waals surface area contributed by atoms with E-state index < -0.39 is 36.0 Å². The van der Waals surface area contributed by atoms with Crippen LogP contribution in [0.2, 0.25) is 0 Å². The van der Waals surface area contributed by atoms with Crippen molar-refractivity contribution in [2.75, 3.05) is 12.1 Å². The van der Waals surface area contributed by atoms with Crippen LogP contribution in [0.25, 0.3) is 0 Å². The molecule has 2 aliphatic rings. The molecule has 2 aromatic rings. The van der Waals surface area contributed by atoms with Crippen LogP contribution in [0, 0.1) is 6.92 Å². The summed E-state index contributed by atoms with van der Waals surface area (Å²) in [6, 6.07) is 7.36. The van der Waals surface area contributed by atoms with Gasteiger partial charge in [0.05, 0.1) is 22.9 Å². The van der Waals surface area contributed by atoms with Gasteiger partial charge in [0, 0.05) is 7.05 Å². The van der Waals surface area contributed by atoms with E-state index in [1.807, 2.05) is 0 Å². The van der Waals surface area contributed by atoms with Gasteiger partial charge >= 0.3 is 12.8 Å². The van der Waals surface area contributed by atoms with Gasteiger partial charge in [0.2, 0.25) is 0 Å². The van der Waals surface area contributed by atoms with Crippen LogP contribution in [-0.4, -0.2) is 25.3 Å². The number of benzene rings is 2. The molecule has 0 aromatic heterocycles. The van der Waals surface area contributed by atoms with E-state index in [0.717, 1.165) is 12.1 Å².